The molecule has 0 aromatic heterocycles. The average molecular weight is 224 g/mol. The Hall–Kier alpha value is -0.860. The summed E-state index contributed by atoms with van der Waals surface area (Å²) in [6.45, 7) is 2.01. The lowest BCUT2D eigenvalue weighted by atomic mass is 9.94. The topological polar surface area (TPSA) is 43.1 Å². The lowest BCUT2D eigenvalue weighted by Crippen LogP contribution is -2.33. The standard InChI is InChI=1S/C12H14ClNO/c1-2-11(14)10-6-7-5-8(13)3-4-9(7)12(10)15/h3-5,10-11H,2,6,14H2,1H3. The van der Waals surface area contributed by atoms with Crippen LogP contribution in [-0.4, -0.2) is 11.8 Å². The Balaban J connectivity index is 2.33. The van der Waals surface area contributed by atoms with Crippen LogP contribution >= 0.6 is 11.6 Å². The summed E-state index contributed by atoms with van der Waals surface area (Å²) in [5, 5.41) is 0.687. The van der Waals surface area contributed by atoms with E-state index < -0.39 is 0 Å². The van der Waals surface area contributed by atoms with E-state index in [9.17, 15) is 4.79 Å². The molecule has 15 heavy (non-hydrogen) atoms. The number of ketones is 1. The molecule has 2 nitrogen and oxygen atoms in total. The second kappa shape index (κ2) is 3.95. The van der Waals surface area contributed by atoms with Gasteiger partial charge in [0.05, 0.1) is 0 Å². The van der Waals surface area contributed by atoms with E-state index in [-0.39, 0.29) is 17.7 Å². The molecule has 2 N–H and O–H groups in total. The SMILES string of the molecule is CCC(N)C1Cc2cc(Cl)ccc2C1=O. The van der Waals surface area contributed by atoms with E-state index in [0.717, 1.165) is 24.0 Å². The van der Waals surface area contributed by atoms with E-state index in [0.29, 0.717) is 5.02 Å². The highest BCUT2D eigenvalue weighted by Gasteiger charge is 2.33. The Bertz CT molecular complexity index is 403. The molecule has 2 atom stereocenters. The predicted octanol–water partition coefficient (Wildman–Crippen LogP) is 2.43. The normalized spacial score (nSPS) is 21.5. The van der Waals surface area contributed by atoms with Crippen molar-refractivity contribution in [3.05, 3.63) is 34.3 Å². The van der Waals surface area contributed by atoms with Gasteiger partial charge in [-0.3, -0.25) is 4.79 Å². The highest BCUT2D eigenvalue weighted by molar-refractivity contribution is 6.30. The molecule has 1 aliphatic rings. The number of nitrogens with two attached hydrogens (primary N) is 1. The van der Waals surface area contributed by atoms with Crippen LogP contribution in [0.4, 0.5) is 0 Å². The molecule has 0 fully saturated rings. The minimum Gasteiger partial charge on any atom is -0.327 e. The molecule has 0 spiro atoms. The van der Waals surface area contributed by atoms with Gasteiger partial charge in [0.15, 0.2) is 5.78 Å². The van der Waals surface area contributed by atoms with E-state index in [2.05, 4.69) is 0 Å². The summed E-state index contributed by atoms with van der Waals surface area (Å²) in [6, 6.07) is 5.40. The van der Waals surface area contributed by atoms with Crippen LogP contribution in [0.2, 0.25) is 5.02 Å². The van der Waals surface area contributed by atoms with Gasteiger partial charge >= 0.3 is 0 Å². The maximum absolute atomic E-state index is 12.0. The molecular weight excluding hydrogens is 210 g/mol. The van der Waals surface area contributed by atoms with E-state index in [1.54, 1.807) is 6.07 Å². The summed E-state index contributed by atoms with van der Waals surface area (Å²) < 4.78 is 0. The van der Waals surface area contributed by atoms with Crippen molar-refractivity contribution in [3.8, 4) is 0 Å². The molecule has 0 amide bonds. The van der Waals surface area contributed by atoms with Crippen LogP contribution in [0.5, 0.6) is 0 Å². The van der Waals surface area contributed by atoms with Crippen molar-refractivity contribution in [3.63, 3.8) is 0 Å². The average Bonchev–Trinajstić information content (AvgIpc) is 2.54. The Kier molecular flexibility index (Phi) is 2.81. The maximum atomic E-state index is 12.0. The second-order valence-corrected chi connectivity index (χ2v) is 4.48. The highest BCUT2D eigenvalue weighted by atomic mass is 35.5. The summed E-state index contributed by atoms with van der Waals surface area (Å²) in [5.41, 5.74) is 7.77. The number of rotatable bonds is 2. The van der Waals surface area contributed by atoms with Gasteiger partial charge in [-0.15, -0.1) is 0 Å². The molecule has 0 heterocycles. The van der Waals surface area contributed by atoms with Crippen molar-refractivity contribution in [1.29, 1.82) is 0 Å². The van der Waals surface area contributed by atoms with Crippen molar-refractivity contribution in [1.82, 2.24) is 0 Å². The third-order valence-corrected chi connectivity index (χ3v) is 3.33. The molecular formula is C12H14ClNO. The molecule has 0 saturated carbocycles. The Morgan fingerprint density at radius 3 is 3.00 bits per heavy atom. The number of hydrogen-bond donors (Lipinski definition) is 1. The third kappa shape index (κ3) is 1.80. The third-order valence-electron chi connectivity index (χ3n) is 3.10. The second-order valence-electron chi connectivity index (χ2n) is 4.05. The smallest absolute Gasteiger partial charge is 0.168 e. The predicted molar refractivity (Wildman–Crippen MR) is 61.2 cm³/mol. The van der Waals surface area contributed by atoms with Crippen molar-refractivity contribution in [2.45, 2.75) is 25.8 Å². The minimum absolute atomic E-state index is 0.0383. The summed E-state index contributed by atoms with van der Waals surface area (Å²) in [4.78, 5) is 12.0. The van der Waals surface area contributed by atoms with E-state index in [1.165, 1.54) is 0 Å². The molecule has 1 aromatic carbocycles. The van der Waals surface area contributed by atoms with Gasteiger partial charge in [-0.2, -0.15) is 0 Å². The van der Waals surface area contributed by atoms with Gasteiger partial charge in [0.2, 0.25) is 0 Å². The number of carbonyl (C=O) groups excluding carboxylic acids is 1. The van der Waals surface area contributed by atoms with Crippen molar-refractivity contribution < 1.29 is 4.79 Å². The Labute approximate surface area is 94.4 Å². The summed E-state index contributed by atoms with van der Waals surface area (Å²) >= 11 is 5.89. The van der Waals surface area contributed by atoms with Gasteiger partial charge in [0.1, 0.15) is 0 Å². The van der Waals surface area contributed by atoms with Crippen LogP contribution in [0.25, 0.3) is 0 Å². The number of hydrogen-bond acceptors (Lipinski definition) is 2. The molecule has 0 radical (unpaired) electrons. The molecule has 3 heteroatoms. The molecule has 1 aliphatic carbocycles. The van der Waals surface area contributed by atoms with Gasteiger partial charge in [-0.1, -0.05) is 18.5 Å². The molecule has 0 bridgehead atoms. The summed E-state index contributed by atoms with van der Waals surface area (Å²) in [5.74, 6) is 0.125. The summed E-state index contributed by atoms with van der Waals surface area (Å²) in [6.07, 6.45) is 1.57. The zero-order chi connectivity index (χ0) is 11.0. The largest absolute Gasteiger partial charge is 0.327 e. The quantitative estimate of drug-likeness (QED) is 0.837. The number of fused-ring (bicyclic) bond motifs is 1. The van der Waals surface area contributed by atoms with E-state index >= 15 is 0 Å². The molecule has 2 unspecified atom stereocenters. The fourth-order valence-electron chi connectivity index (χ4n) is 2.13. The van der Waals surface area contributed by atoms with Gasteiger partial charge in [0, 0.05) is 22.5 Å². The molecule has 2 rings (SSSR count). The first-order valence-corrected chi connectivity index (χ1v) is 5.59. The van der Waals surface area contributed by atoms with Gasteiger partial charge < -0.3 is 5.73 Å². The molecule has 80 valence electrons. The van der Waals surface area contributed by atoms with E-state index in [1.807, 2.05) is 19.1 Å². The molecule has 1 aromatic rings. The first-order chi connectivity index (χ1) is 7.13. The number of Topliss-reactive ketones (excluding diaryl/α,β-unsaturated/α-hetero) is 1. The van der Waals surface area contributed by atoms with Crippen LogP contribution in [0.1, 0.15) is 29.3 Å². The van der Waals surface area contributed by atoms with Gasteiger partial charge in [-0.05, 0) is 36.6 Å². The van der Waals surface area contributed by atoms with Crippen molar-refractivity contribution in [2.24, 2.45) is 11.7 Å². The van der Waals surface area contributed by atoms with Crippen molar-refractivity contribution >= 4 is 17.4 Å². The Morgan fingerprint density at radius 2 is 2.33 bits per heavy atom. The fraction of sp³-hybridized carbons (Fsp3) is 0.417. The monoisotopic (exact) mass is 223 g/mol. The fourth-order valence-corrected chi connectivity index (χ4v) is 2.33. The van der Waals surface area contributed by atoms with Crippen LogP contribution in [0.3, 0.4) is 0 Å². The summed E-state index contributed by atoms with van der Waals surface area (Å²) in [7, 11) is 0. The molecule has 0 saturated heterocycles. The number of halogens is 1. The first kappa shape index (κ1) is 10.7. The lowest BCUT2D eigenvalue weighted by Gasteiger charge is -2.14. The molecule has 0 aliphatic heterocycles. The van der Waals surface area contributed by atoms with E-state index in [4.69, 9.17) is 17.3 Å². The van der Waals surface area contributed by atoms with Crippen molar-refractivity contribution in [2.75, 3.05) is 0 Å². The van der Waals surface area contributed by atoms with Crippen LogP contribution in [-0.2, 0) is 6.42 Å². The Morgan fingerprint density at radius 1 is 1.60 bits per heavy atom. The zero-order valence-corrected chi connectivity index (χ0v) is 9.42. The first-order valence-electron chi connectivity index (χ1n) is 5.21. The highest BCUT2D eigenvalue weighted by Crippen LogP contribution is 2.30. The maximum Gasteiger partial charge on any atom is 0.168 e. The van der Waals surface area contributed by atoms with Crippen LogP contribution in [0.15, 0.2) is 18.2 Å². The van der Waals surface area contributed by atoms with Crippen LogP contribution < -0.4 is 5.73 Å². The number of carbonyl (C=O) groups is 1. The zero-order valence-electron chi connectivity index (χ0n) is 8.66. The van der Waals surface area contributed by atoms with Crippen LogP contribution in [0, 0.1) is 5.92 Å². The van der Waals surface area contributed by atoms with Gasteiger partial charge in [0.25, 0.3) is 0 Å². The number of benzene rings is 1. The minimum atomic E-state index is -0.0523. The lowest BCUT2D eigenvalue weighted by molar-refractivity contribution is 0.0918. The van der Waals surface area contributed by atoms with Gasteiger partial charge in [-0.25, -0.2) is 0 Å².